The Balaban J connectivity index is 2.76. The van der Waals surface area contributed by atoms with Crippen LogP contribution in [0.15, 0.2) is 10.6 Å². The summed E-state index contributed by atoms with van der Waals surface area (Å²) in [5, 5.41) is 5.53. The lowest BCUT2D eigenvalue weighted by Gasteiger charge is -2.19. The lowest BCUT2D eigenvalue weighted by molar-refractivity contribution is 0.342. The molecule has 0 saturated heterocycles. The molecule has 0 aliphatic rings. The van der Waals surface area contributed by atoms with Gasteiger partial charge in [0.25, 0.3) is 0 Å². The monoisotopic (exact) mass is 328 g/mol. The molecule has 0 aliphatic carbocycles. The van der Waals surface area contributed by atoms with Gasteiger partial charge in [0, 0.05) is 12.5 Å². The van der Waals surface area contributed by atoms with Crippen molar-refractivity contribution in [3.05, 3.63) is 11.8 Å². The van der Waals surface area contributed by atoms with E-state index in [0.717, 1.165) is 19.3 Å². The van der Waals surface area contributed by atoms with Crippen molar-refractivity contribution in [1.29, 1.82) is 0 Å². The second-order valence-corrected chi connectivity index (χ2v) is 8.13. The van der Waals surface area contributed by atoms with E-state index >= 15 is 0 Å². The molecule has 1 aromatic rings. The topological polar surface area (TPSA) is 153 Å². The van der Waals surface area contributed by atoms with Crippen molar-refractivity contribution in [2.45, 2.75) is 38.1 Å². The fourth-order valence-electron chi connectivity index (χ4n) is 1.54. The highest BCUT2D eigenvalue weighted by Gasteiger charge is 2.44. The molecule has 20 heavy (non-hydrogen) atoms. The third-order valence-corrected chi connectivity index (χ3v) is 5.84. The van der Waals surface area contributed by atoms with E-state index in [1.807, 2.05) is 12.2 Å². The molecule has 1 heterocycles. The predicted molar refractivity (Wildman–Crippen MR) is 71.2 cm³/mol. The SMILES string of the molecule is CCCCCc1cc(NC(P(=O)(O)O)P(=O)(O)O)no1. The summed E-state index contributed by atoms with van der Waals surface area (Å²) >= 11 is 0. The third-order valence-electron chi connectivity index (χ3n) is 2.50. The van der Waals surface area contributed by atoms with E-state index in [-0.39, 0.29) is 5.82 Å². The van der Waals surface area contributed by atoms with Crippen LogP contribution in [-0.4, -0.2) is 30.3 Å². The second-order valence-electron chi connectivity index (χ2n) is 4.33. The van der Waals surface area contributed by atoms with E-state index in [4.69, 9.17) is 24.1 Å². The minimum Gasteiger partial charge on any atom is -0.359 e. The highest BCUT2D eigenvalue weighted by Crippen LogP contribution is 2.59. The molecular formula is C9H18N2O7P2. The number of hydrogen-bond donors (Lipinski definition) is 5. The molecule has 0 atom stereocenters. The largest absolute Gasteiger partial charge is 0.360 e. The number of anilines is 1. The van der Waals surface area contributed by atoms with Crippen LogP contribution in [0, 0.1) is 0 Å². The molecule has 0 saturated carbocycles. The van der Waals surface area contributed by atoms with Gasteiger partial charge in [-0.1, -0.05) is 24.9 Å². The molecule has 116 valence electrons. The van der Waals surface area contributed by atoms with Gasteiger partial charge in [0.15, 0.2) is 5.82 Å². The number of aryl methyl sites for hydroxylation is 1. The van der Waals surface area contributed by atoms with Crippen LogP contribution in [0.1, 0.15) is 31.9 Å². The fourth-order valence-corrected chi connectivity index (χ4v) is 3.71. The molecule has 1 aromatic heterocycles. The summed E-state index contributed by atoms with van der Waals surface area (Å²) in [6.07, 6.45) is 3.49. The highest BCUT2D eigenvalue weighted by atomic mass is 31.2. The fraction of sp³-hybridized carbons (Fsp3) is 0.667. The van der Waals surface area contributed by atoms with Crippen molar-refractivity contribution in [2.24, 2.45) is 0 Å². The molecule has 9 nitrogen and oxygen atoms in total. The Hall–Kier alpha value is -0.690. The van der Waals surface area contributed by atoms with Gasteiger partial charge in [0.1, 0.15) is 5.76 Å². The minimum absolute atomic E-state index is 0.117. The van der Waals surface area contributed by atoms with Crippen LogP contribution in [0.2, 0.25) is 0 Å². The highest BCUT2D eigenvalue weighted by molar-refractivity contribution is 7.71. The van der Waals surface area contributed by atoms with E-state index in [0.29, 0.717) is 12.2 Å². The summed E-state index contributed by atoms with van der Waals surface area (Å²) in [6.45, 7) is 2.04. The first-order chi connectivity index (χ1) is 9.14. The van der Waals surface area contributed by atoms with Crippen LogP contribution in [-0.2, 0) is 15.6 Å². The first kappa shape index (κ1) is 17.4. The third kappa shape index (κ3) is 5.36. The molecule has 0 unspecified atom stereocenters. The summed E-state index contributed by atoms with van der Waals surface area (Å²) in [4.78, 5) is 35.8. The van der Waals surface area contributed by atoms with Crippen molar-refractivity contribution in [3.8, 4) is 0 Å². The molecule has 11 heteroatoms. The number of rotatable bonds is 8. The standard InChI is InChI=1S/C9H18N2O7P2/c1-2-3-4-5-7-6-8(11-18-7)10-9(19(12,13)14)20(15,16)17/h6,9H,2-5H2,1H3,(H,10,11)(H2,12,13,14)(H2,15,16,17). The van der Waals surface area contributed by atoms with Gasteiger partial charge >= 0.3 is 15.2 Å². The summed E-state index contributed by atoms with van der Waals surface area (Å²) in [6, 6.07) is 1.37. The predicted octanol–water partition coefficient (Wildman–Crippen LogP) is 1.46. The van der Waals surface area contributed by atoms with E-state index in [2.05, 4.69) is 5.16 Å². The van der Waals surface area contributed by atoms with E-state index in [1.54, 1.807) is 0 Å². The molecule has 0 fully saturated rings. The Labute approximate surface area is 115 Å². The quantitative estimate of drug-likeness (QED) is 0.352. The maximum Gasteiger partial charge on any atom is 0.360 e. The van der Waals surface area contributed by atoms with Crippen LogP contribution in [0.5, 0.6) is 0 Å². The Morgan fingerprint density at radius 3 is 2.35 bits per heavy atom. The van der Waals surface area contributed by atoms with Gasteiger partial charge in [-0.05, 0) is 6.42 Å². The van der Waals surface area contributed by atoms with Crippen molar-refractivity contribution in [1.82, 2.24) is 5.16 Å². The van der Waals surface area contributed by atoms with Crippen molar-refractivity contribution in [3.63, 3.8) is 0 Å². The zero-order chi connectivity index (χ0) is 15.4. The van der Waals surface area contributed by atoms with Crippen molar-refractivity contribution >= 4 is 21.0 Å². The normalized spacial score (nSPS) is 12.9. The van der Waals surface area contributed by atoms with Crippen LogP contribution < -0.4 is 5.32 Å². The Morgan fingerprint density at radius 1 is 1.25 bits per heavy atom. The molecular weight excluding hydrogens is 310 g/mol. The number of aromatic nitrogens is 1. The van der Waals surface area contributed by atoms with E-state index < -0.39 is 20.7 Å². The summed E-state index contributed by atoms with van der Waals surface area (Å²) in [5.74, 6) is 0.365. The molecule has 0 amide bonds. The van der Waals surface area contributed by atoms with Gasteiger partial charge in [-0.3, -0.25) is 9.13 Å². The van der Waals surface area contributed by atoms with Gasteiger partial charge in [-0.2, -0.15) is 0 Å². The first-order valence-corrected chi connectivity index (χ1v) is 9.33. The van der Waals surface area contributed by atoms with Gasteiger partial charge in [0.05, 0.1) is 0 Å². The molecule has 0 aromatic carbocycles. The number of nitrogens with one attached hydrogen (secondary N) is 1. The molecule has 0 radical (unpaired) electrons. The average molecular weight is 328 g/mol. The maximum absolute atomic E-state index is 11.1. The van der Waals surface area contributed by atoms with E-state index in [9.17, 15) is 9.13 Å². The Bertz CT molecular complexity index is 498. The Kier molecular flexibility index (Phi) is 5.94. The molecule has 0 spiro atoms. The second kappa shape index (κ2) is 6.85. The molecule has 0 bridgehead atoms. The van der Waals surface area contributed by atoms with Gasteiger partial charge < -0.3 is 29.4 Å². The summed E-state index contributed by atoms with van der Waals surface area (Å²) in [7, 11) is -10.1. The van der Waals surface area contributed by atoms with Gasteiger partial charge in [-0.15, -0.1) is 0 Å². The van der Waals surface area contributed by atoms with Crippen molar-refractivity contribution < 1.29 is 33.2 Å². The molecule has 0 aliphatic heterocycles. The lowest BCUT2D eigenvalue weighted by Crippen LogP contribution is -2.20. The number of nitrogens with zero attached hydrogens (tertiary/aromatic N) is 1. The van der Waals surface area contributed by atoms with Gasteiger partial charge in [-0.25, -0.2) is 0 Å². The average Bonchev–Trinajstić information content (AvgIpc) is 2.71. The van der Waals surface area contributed by atoms with Crippen LogP contribution >= 0.6 is 15.2 Å². The van der Waals surface area contributed by atoms with Crippen LogP contribution in [0.3, 0.4) is 0 Å². The molecule has 1 rings (SSSR count). The number of hydrogen-bond acceptors (Lipinski definition) is 5. The number of unbranched alkanes of at least 4 members (excludes halogenated alkanes) is 2. The van der Waals surface area contributed by atoms with E-state index in [1.165, 1.54) is 6.07 Å². The zero-order valence-electron chi connectivity index (χ0n) is 10.8. The van der Waals surface area contributed by atoms with Crippen molar-refractivity contribution in [2.75, 3.05) is 5.32 Å². The van der Waals surface area contributed by atoms with Gasteiger partial charge in [0.2, 0.25) is 5.52 Å². The smallest absolute Gasteiger partial charge is 0.359 e. The zero-order valence-corrected chi connectivity index (χ0v) is 12.6. The summed E-state index contributed by atoms with van der Waals surface area (Å²) in [5.41, 5.74) is -2.33. The lowest BCUT2D eigenvalue weighted by atomic mass is 10.2. The molecule has 5 N–H and O–H groups in total. The maximum atomic E-state index is 11.1. The Morgan fingerprint density at radius 2 is 1.85 bits per heavy atom. The summed E-state index contributed by atoms with van der Waals surface area (Å²) < 4.78 is 27.1. The minimum atomic E-state index is -5.04. The van der Waals surface area contributed by atoms with Crippen LogP contribution in [0.4, 0.5) is 5.82 Å². The first-order valence-electron chi connectivity index (χ1n) is 5.97. The van der Waals surface area contributed by atoms with Crippen LogP contribution in [0.25, 0.3) is 0 Å².